The molecular formula is C46H31NSi. The number of nitrogens with zero attached hydrogens (tertiary/aromatic N) is 1. The van der Waals surface area contributed by atoms with Gasteiger partial charge < -0.3 is 4.57 Å². The Balaban J connectivity index is 1.11. The number of hydrogen-bond donors (Lipinski definition) is 0. The second-order valence-corrected chi connectivity index (χ2v) is 14.8. The molecule has 0 fully saturated rings. The molecule has 0 saturated carbocycles. The molecule has 0 radical (unpaired) electrons. The van der Waals surface area contributed by atoms with Crippen molar-refractivity contribution in [1.82, 2.24) is 4.57 Å². The third kappa shape index (κ3) is 4.31. The van der Waals surface area contributed by atoms with Gasteiger partial charge in [0.05, 0.1) is 20.6 Å². The van der Waals surface area contributed by atoms with Crippen LogP contribution in [0.15, 0.2) is 176 Å². The second kappa shape index (κ2) is 10.8. The quantitative estimate of drug-likeness (QED) is 0.172. The van der Waals surface area contributed by atoms with Crippen molar-refractivity contribution >= 4 is 52.5 Å². The van der Waals surface area contributed by atoms with Crippen molar-refractivity contribution in [3.05, 3.63) is 176 Å². The lowest BCUT2D eigenvalue weighted by Crippen LogP contribution is -2.21. The molecule has 1 aliphatic rings. The van der Waals surface area contributed by atoms with Crippen LogP contribution >= 0.6 is 0 Å². The summed E-state index contributed by atoms with van der Waals surface area (Å²) in [6.07, 6.45) is 0. The van der Waals surface area contributed by atoms with E-state index in [1.165, 1.54) is 93.1 Å². The van der Waals surface area contributed by atoms with E-state index < -0.39 is 9.52 Å². The van der Waals surface area contributed by atoms with Gasteiger partial charge in [0.1, 0.15) is 0 Å². The third-order valence-corrected chi connectivity index (χ3v) is 12.1. The fourth-order valence-corrected chi connectivity index (χ4v) is 9.94. The van der Waals surface area contributed by atoms with Gasteiger partial charge in [-0.05, 0) is 91.7 Å². The maximum atomic E-state index is 2.48. The van der Waals surface area contributed by atoms with Crippen molar-refractivity contribution in [2.24, 2.45) is 0 Å². The highest BCUT2D eigenvalue weighted by Gasteiger charge is 2.22. The molecule has 0 saturated heterocycles. The van der Waals surface area contributed by atoms with Crippen molar-refractivity contribution in [1.29, 1.82) is 0 Å². The van der Waals surface area contributed by atoms with Gasteiger partial charge in [-0.25, -0.2) is 0 Å². The molecule has 9 aromatic rings. The fraction of sp³-hybridized carbons (Fsp3) is 0. The van der Waals surface area contributed by atoms with Gasteiger partial charge in [0, 0.05) is 16.5 Å². The molecule has 0 atom stereocenters. The Bertz CT molecular complexity index is 2580. The minimum Gasteiger partial charge on any atom is -0.309 e. The fourth-order valence-electron chi connectivity index (χ4n) is 7.90. The summed E-state index contributed by atoms with van der Waals surface area (Å²) in [5.41, 5.74) is 14.1. The standard InChI is InChI=1S/C46H31NSi/c1-3-10-30(11-4-1)33-19-24-43-41(26-33)42-27-34(31-12-5-2-6-13-31)20-25-44(42)47(43)36-21-23-40-39-22-18-35(28-45(39)48-46(40)29-36)38-17-9-15-32-14-7-8-16-37(32)38/h1-29H,48H2. The number of hydrogen-bond acceptors (Lipinski definition) is 0. The van der Waals surface area contributed by atoms with Gasteiger partial charge >= 0.3 is 0 Å². The molecule has 0 spiro atoms. The third-order valence-electron chi connectivity index (χ3n) is 10.2. The molecule has 10 rings (SSSR count). The molecule has 0 bridgehead atoms. The van der Waals surface area contributed by atoms with Gasteiger partial charge in [-0.15, -0.1) is 0 Å². The molecule has 0 amide bonds. The minimum atomic E-state index is -0.647. The average Bonchev–Trinajstić information content (AvgIpc) is 3.69. The Hall–Kier alpha value is -5.96. The van der Waals surface area contributed by atoms with Crippen LogP contribution < -0.4 is 10.4 Å². The van der Waals surface area contributed by atoms with Gasteiger partial charge in [0.15, 0.2) is 0 Å². The smallest absolute Gasteiger partial charge is 0.0892 e. The largest absolute Gasteiger partial charge is 0.309 e. The normalized spacial score (nSPS) is 12.6. The second-order valence-electron chi connectivity index (χ2n) is 12.9. The lowest BCUT2D eigenvalue weighted by atomic mass is 9.96. The van der Waals surface area contributed by atoms with Crippen LogP contribution in [0.1, 0.15) is 0 Å². The highest BCUT2D eigenvalue weighted by molar-refractivity contribution is 6.73. The van der Waals surface area contributed by atoms with E-state index in [-0.39, 0.29) is 0 Å². The Morgan fingerprint density at radius 2 is 0.896 bits per heavy atom. The molecule has 1 nitrogen and oxygen atoms in total. The van der Waals surface area contributed by atoms with Gasteiger partial charge in [-0.3, -0.25) is 0 Å². The van der Waals surface area contributed by atoms with Crippen LogP contribution in [-0.2, 0) is 0 Å². The predicted octanol–water partition coefficient (Wildman–Crippen LogP) is 10.0. The molecule has 2 heterocycles. The summed E-state index contributed by atoms with van der Waals surface area (Å²) < 4.78 is 2.48. The molecular weight excluding hydrogens is 595 g/mol. The van der Waals surface area contributed by atoms with E-state index in [2.05, 4.69) is 180 Å². The monoisotopic (exact) mass is 625 g/mol. The van der Waals surface area contributed by atoms with Crippen molar-refractivity contribution in [3.8, 4) is 50.2 Å². The Labute approximate surface area is 282 Å². The molecule has 2 heteroatoms. The topological polar surface area (TPSA) is 4.93 Å². The van der Waals surface area contributed by atoms with Gasteiger partial charge in [0.2, 0.25) is 0 Å². The summed E-state index contributed by atoms with van der Waals surface area (Å²) in [4.78, 5) is 0. The van der Waals surface area contributed by atoms with Gasteiger partial charge in [-0.1, -0.05) is 150 Å². The predicted molar refractivity (Wildman–Crippen MR) is 208 cm³/mol. The molecule has 1 aliphatic heterocycles. The summed E-state index contributed by atoms with van der Waals surface area (Å²) in [5.74, 6) is 0. The number of benzene rings is 8. The summed E-state index contributed by atoms with van der Waals surface area (Å²) in [7, 11) is -0.647. The maximum Gasteiger partial charge on any atom is 0.0892 e. The highest BCUT2D eigenvalue weighted by atomic mass is 28.2. The average molecular weight is 626 g/mol. The molecule has 1 aromatic heterocycles. The van der Waals surface area contributed by atoms with Crippen molar-refractivity contribution in [3.63, 3.8) is 0 Å². The Morgan fingerprint density at radius 3 is 1.58 bits per heavy atom. The first-order valence-electron chi connectivity index (χ1n) is 16.7. The zero-order chi connectivity index (χ0) is 31.6. The van der Waals surface area contributed by atoms with E-state index in [4.69, 9.17) is 0 Å². The SMILES string of the molecule is c1ccc(-c2ccc3c(c2)c2cc(-c4ccccc4)ccc2n3-c2ccc3c(c2)[SiH2]c2cc(-c4cccc5ccccc45)ccc2-3)cc1. The van der Waals surface area contributed by atoms with Crippen LogP contribution in [0.5, 0.6) is 0 Å². The first-order chi connectivity index (χ1) is 23.8. The summed E-state index contributed by atoms with van der Waals surface area (Å²) in [5, 5.41) is 8.23. The lowest BCUT2D eigenvalue weighted by Gasteiger charge is -2.11. The van der Waals surface area contributed by atoms with E-state index >= 15 is 0 Å². The zero-order valence-corrected chi connectivity index (χ0v) is 27.8. The van der Waals surface area contributed by atoms with Crippen LogP contribution in [0.4, 0.5) is 0 Å². The van der Waals surface area contributed by atoms with E-state index in [0.717, 1.165) is 0 Å². The molecule has 8 aromatic carbocycles. The van der Waals surface area contributed by atoms with E-state index in [1.807, 2.05) is 0 Å². The first kappa shape index (κ1) is 27.2. The van der Waals surface area contributed by atoms with E-state index in [9.17, 15) is 0 Å². The molecule has 48 heavy (non-hydrogen) atoms. The van der Waals surface area contributed by atoms with Crippen LogP contribution in [-0.4, -0.2) is 14.1 Å². The first-order valence-corrected chi connectivity index (χ1v) is 18.1. The Kier molecular flexibility index (Phi) is 6.12. The summed E-state index contributed by atoms with van der Waals surface area (Å²) in [6, 6.07) is 65.1. The molecule has 0 aliphatic carbocycles. The lowest BCUT2D eigenvalue weighted by molar-refractivity contribution is 1.18. The van der Waals surface area contributed by atoms with Crippen molar-refractivity contribution in [2.45, 2.75) is 0 Å². The van der Waals surface area contributed by atoms with Gasteiger partial charge in [-0.2, -0.15) is 0 Å². The van der Waals surface area contributed by atoms with Crippen molar-refractivity contribution < 1.29 is 0 Å². The van der Waals surface area contributed by atoms with E-state index in [1.54, 1.807) is 0 Å². The van der Waals surface area contributed by atoms with E-state index in [0.29, 0.717) is 0 Å². The van der Waals surface area contributed by atoms with Crippen LogP contribution in [0.2, 0.25) is 0 Å². The summed E-state index contributed by atoms with van der Waals surface area (Å²) in [6.45, 7) is 0. The van der Waals surface area contributed by atoms with Crippen molar-refractivity contribution in [2.75, 3.05) is 0 Å². The molecule has 224 valence electrons. The maximum absolute atomic E-state index is 2.48. The minimum absolute atomic E-state index is 0.647. The van der Waals surface area contributed by atoms with Crippen LogP contribution in [0.25, 0.3) is 82.8 Å². The van der Waals surface area contributed by atoms with Gasteiger partial charge in [0.25, 0.3) is 0 Å². The highest BCUT2D eigenvalue weighted by Crippen LogP contribution is 2.38. The number of aromatic nitrogens is 1. The molecule has 0 N–H and O–H groups in total. The van der Waals surface area contributed by atoms with Crippen LogP contribution in [0.3, 0.4) is 0 Å². The summed E-state index contributed by atoms with van der Waals surface area (Å²) >= 11 is 0. The number of fused-ring (bicyclic) bond motifs is 7. The number of rotatable bonds is 4. The Morgan fingerprint density at radius 1 is 0.333 bits per heavy atom. The van der Waals surface area contributed by atoms with Crippen LogP contribution in [0, 0.1) is 0 Å². The molecule has 0 unspecified atom stereocenters. The zero-order valence-electron chi connectivity index (χ0n) is 26.4.